The lowest BCUT2D eigenvalue weighted by Gasteiger charge is -2.46. The Morgan fingerprint density at radius 2 is 1.31 bits per heavy atom. The zero-order chi connectivity index (χ0) is 38.3. The second kappa shape index (κ2) is 26.5. The van der Waals surface area contributed by atoms with E-state index in [0.717, 1.165) is 51.4 Å². The number of allylic oxidation sites excluding steroid dienone is 9. The predicted molar refractivity (Wildman–Crippen MR) is 194 cm³/mol. The van der Waals surface area contributed by atoms with Crippen LogP contribution in [0, 0.1) is 0 Å². The van der Waals surface area contributed by atoms with Gasteiger partial charge in [-0.2, -0.15) is 0 Å². The van der Waals surface area contributed by atoms with Gasteiger partial charge in [-0.25, -0.2) is 0 Å². The number of aliphatic hydroxyl groups is 8. The minimum absolute atomic E-state index is 0.155. The van der Waals surface area contributed by atoms with E-state index in [4.69, 9.17) is 18.9 Å². The number of ether oxygens (including phenoxy) is 4. The van der Waals surface area contributed by atoms with Gasteiger partial charge in [-0.1, -0.05) is 87.4 Å². The average molecular weight is 742 g/mol. The van der Waals surface area contributed by atoms with Gasteiger partial charge in [0, 0.05) is 6.42 Å². The molecule has 298 valence electrons. The van der Waals surface area contributed by atoms with E-state index in [1.54, 1.807) is 6.08 Å². The molecule has 52 heavy (non-hydrogen) atoms. The maximum Gasteiger partial charge on any atom is 0.220 e. The fourth-order valence-corrected chi connectivity index (χ4v) is 5.59. The van der Waals surface area contributed by atoms with E-state index in [1.165, 1.54) is 0 Å². The molecule has 0 aromatic heterocycles. The van der Waals surface area contributed by atoms with Crippen molar-refractivity contribution in [3.63, 3.8) is 0 Å². The second-order valence-electron chi connectivity index (χ2n) is 13.0. The van der Waals surface area contributed by atoms with Crippen LogP contribution in [0.25, 0.3) is 0 Å². The molecule has 2 heterocycles. The van der Waals surface area contributed by atoms with Crippen molar-refractivity contribution in [3.05, 3.63) is 60.8 Å². The van der Waals surface area contributed by atoms with E-state index in [1.807, 2.05) is 18.2 Å². The lowest BCUT2D eigenvalue weighted by atomic mass is 9.97. The van der Waals surface area contributed by atoms with E-state index in [0.29, 0.717) is 6.42 Å². The van der Waals surface area contributed by atoms with Crippen LogP contribution in [0.2, 0.25) is 0 Å². The summed E-state index contributed by atoms with van der Waals surface area (Å²) in [6.45, 7) is 2.42. The molecule has 2 aliphatic rings. The number of carbonyl (C=O) groups excluding carboxylic acids is 1. The molecular weight excluding hydrogens is 678 g/mol. The third-order valence-electron chi connectivity index (χ3n) is 8.72. The Bertz CT molecular complexity index is 1110. The molecule has 2 fully saturated rings. The highest BCUT2D eigenvalue weighted by atomic mass is 16.7. The summed E-state index contributed by atoms with van der Waals surface area (Å²) in [4.78, 5) is 12.9. The Kier molecular flexibility index (Phi) is 23.3. The predicted octanol–water partition coefficient (Wildman–Crippen LogP) is 1.19. The lowest BCUT2D eigenvalue weighted by Crippen LogP contribution is -2.65. The summed E-state index contributed by atoms with van der Waals surface area (Å²) in [6.07, 6.45) is 10.8. The van der Waals surface area contributed by atoms with Gasteiger partial charge in [0.25, 0.3) is 0 Å². The van der Waals surface area contributed by atoms with Crippen molar-refractivity contribution >= 4 is 5.91 Å². The summed E-state index contributed by atoms with van der Waals surface area (Å²) in [5, 5.41) is 85.5. The minimum Gasteiger partial charge on any atom is -0.394 e. The zero-order valence-corrected chi connectivity index (χ0v) is 30.5. The first-order chi connectivity index (χ1) is 25.1. The molecule has 12 unspecified atom stereocenters. The van der Waals surface area contributed by atoms with Crippen LogP contribution >= 0.6 is 0 Å². The molecule has 2 aliphatic heterocycles. The Balaban J connectivity index is 1.97. The smallest absolute Gasteiger partial charge is 0.220 e. The van der Waals surface area contributed by atoms with Crippen molar-refractivity contribution in [2.24, 2.45) is 0 Å². The SMILES string of the molecule is CC/C=C\C/C=C\C/C=C\C/C=C\CCC(=O)NC(COC1OC(CO)C(OC2OC(CO)C(O)C(O)C2O)C(O)C1O)C(O)/C=C/CCCCC. The maximum atomic E-state index is 12.9. The van der Waals surface area contributed by atoms with Crippen LogP contribution in [0.3, 0.4) is 0 Å². The van der Waals surface area contributed by atoms with E-state index in [2.05, 4.69) is 55.6 Å². The fourth-order valence-electron chi connectivity index (χ4n) is 5.59. The first-order valence-electron chi connectivity index (χ1n) is 18.5. The first-order valence-corrected chi connectivity index (χ1v) is 18.5. The van der Waals surface area contributed by atoms with Crippen molar-refractivity contribution in [2.45, 2.75) is 152 Å². The Labute approximate surface area is 307 Å². The molecule has 2 rings (SSSR count). The normalized spacial score (nSPS) is 31.4. The standard InChI is InChI=1S/C38H63NO13/c1-3-5-7-9-10-11-12-13-14-15-16-18-20-22-30(43)39-26(27(42)21-19-17-8-6-4-2)25-49-37-35(48)33(46)36(29(24-41)51-37)52-38-34(47)32(45)31(44)28(23-40)50-38/h5,7,10-11,13-14,16,18-19,21,26-29,31-38,40-42,44-48H,3-4,6,8-9,12,15,17,20,22-25H2,1-2H3,(H,39,43)/b7-5-,11-10-,14-13-,18-16-,21-19+. The number of hydrogen-bond donors (Lipinski definition) is 9. The van der Waals surface area contributed by atoms with Gasteiger partial charge in [0.2, 0.25) is 5.91 Å². The summed E-state index contributed by atoms with van der Waals surface area (Å²) in [6, 6.07) is -0.948. The number of amides is 1. The molecule has 14 heteroatoms. The van der Waals surface area contributed by atoms with Crippen molar-refractivity contribution in [1.82, 2.24) is 5.32 Å². The van der Waals surface area contributed by atoms with Crippen LogP contribution in [-0.4, -0.2) is 140 Å². The van der Waals surface area contributed by atoms with Crippen LogP contribution in [0.1, 0.15) is 78.1 Å². The number of nitrogens with one attached hydrogen (secondary N) is 1. The summed E-state index contributed by atoms with van der Waals surface area (Å²) in [5.74, 6) is -0.333. The molecule has 14 nitrogen and oxygen atoms in total. The lowest BCUT2D eigenvalue weighted by molar-refractivity contribution is -0.359. The third kappa shape index (κ3) is 16.0. The van der Waals surface area contributed by atoms with Crippen LogP contribution in [0.5, 0.6) is 0 Å². The molecule has 0 aliphatic carbocycles. The average Bonchev–Trinajstić information content (AvgIpc) is 3.14. The Hall–Kier alpha value is -2.31. The number of aliphatic hydroxyl groups excluding tert-OH is 8. The molecular formula is C38H63NO13. The quantitative estimate of drug-likeness (QED) is 0.0501. The molecule has 9 N–H and O–H groups in total. The van der Waals surface area contributed by atoms with Crippen molar-refractivity contribution in [1.29, 1.82) is 0 Å². The maximum absolute atomic E-state index is 12.9. The van der Waals surface area contributed by atoms with Crippen LogP contribution < -0.4 is 5.32 Å². The molecule has 0 spiro atoms. The van der Waals surface area contributed by atoms with E-state index in [9.17, 15) is 45.6 Å². The zero-order valence-electron chi connectivity index (χ0n) is 30.5. The van der Waals surface area contributed by atoms with Gasteiger partial charge in [-0.05, 0) is 44.9 Å². The molecule has 2 saturated heterocycles. The Morgan fingerprint density at radius 3 is 1.92 bits per heavy atom. The Morgan fingerprint density at radius 1 is 0.712 bits per heavy atom. The summed E-state index contributed by atoms with van der Waals surface area (Å²) >= 11 is 0. The van der Waals surface area contributed by atoms with Gasteiger partial charge in [-0.15, -0.1) is 0 Å². The number of unbranched alkanes of at least 4 members (excludes halogenated alkanes) is 3. The highest BCUT2D eigenvalue weighted by Gasteiger charge is 2.50. The summed E-state index contributed by atoms with van der Waals surface area (Å²) in [7, 11) is 0. The molecule has 0 aromatic carbocycles. The molecule has 12 atom stereocenters. The fraction of sp³-hybridized carbons (Fsp3) is 0.711. The monoisotopic (exact) mass is 741 g/mol. The summed E-state index contributed by atoms with van der Waals surface area (Å²) in [5.41, 5.74) is 0. The van der Waals surface area contributed by atoms with Crippen molar-refractivity contribution in [2.75, 3.05) is 19.8 Å². The summed E-state index contributed by atoms with van der Waals surface area (Å²) < 4.78 is 22.4. The van der Waals surface area contributed by atoms with E-state index < -0.39 is 86.8 Å². The molecule has 0 radical (unpaired) electrons. The third-order valence-corrected chi connectivity index (χ3v) is 8.72. The highest BCUT2D eigenvalue weighted by molar-refractivity contribution is 5.76. The van der Waals surface area contributed by atoms with E-state index in [-0.39, 0.29) is 18.9 Å². The van der Waals surface area contributed by atoms with E-state index >= 15 is 0 Å². The van der Waals surface area contributed by atoms with Crippen molar-refractivity contribution < 1.29 is 64.6 Å². The minimum atomic E-state index is -1.79. The van der Waals surface area contributed by atoms with Gasteiger partial charge in [0.05, 0.1) is 32.0 Å². The molecule has 1 amide bonds. The van der Waals surface area contributed by atoms with Gasteiger partial charge in [0.15, 0.2) is 12.6 Å². The number of rotatable bonds is 24. The van der Waals surface area contributed by atoms with Gasteiger partial charge >= 0.3 is 0 Å². The van der Waals surface area contributed by atoms with Crippen LogP contribution in [-0.2, 0) is 23.7 Å². The largest absolute Gasteiger partial charge is 0.394 e. The van der Waals surface area contributed by atoms with Gasteiger partial charge < -0.3 is 65.1 Å². The highest BCUT2D eigenvalue weighted by Crippen LogP contribution is 2.29. The molecule has 0 saturated carbocycles. The topological polar surface area (TPSA) is 228 Å². The number of hydrogen-bond acceptors (Lipinski definition) is 13. The van der Waals surface area contributed by atoms with Gasteiger partial charge in [0.1, 0.15) is 48.8 Å². The van der Waals surface area contributed by atoms with Crippen LogP contribution in [0.4, 0.5) is 0 Å². The second-order valence-corrected chi connectivity index (χ2v) is 13.0. The molecule has 0 bridgehead atoms. The van der Waals surface area contributed by atoms with Crippen molar-refractivity contribution in [3.8, 4) is 0 Å². The first kappa shape index (κ1) is 45.8. The van der Waals surface area contributed by atoms with Gasteiger partial charge in [-0.3, -0.25) is 4.79 Å². The number of carbonyl (C=O) groups is 1. The molecule has 0 aromatic rings. The van der Waals surface area contributed by atoms with Crippen LogP contribution in [0.15, 0.2) is 60.8 Å².